The third-order valence-corrected chi connectivity index (χ3v) is 2.16. The summed E-state index contributed by atoms with van der Waals surface area (Å²) in [4.78, 5) is 11.3. The minimum absolute atomic E-state index is 0.0379. The van der Waals surface area contributed by atoms with Gasteiger partial charge in [-0.2, -0.15) is 0 Å². The van der Waals surface area contributed by atoms with E-state index in [1.807, 2.05) is 6.92 Å². The van der Waals surface area contributed by atoms with Crippen LogP contribution >= 0.6 is 0 Å². The molecule has 4 heteroatoms. The molecule has 1 rings (SSSR count). The van der Waals surface area contributed by atoms with Gasteiger partial charge in [-0.25, -0.2) is 4.39 Å². The van der Waals surface area contributed by atoms with Gasteiger partial charge < -0.3 is 10.1 Å². The number of benzene rings is 1. The van der Waals surface area contributed by atoms with Crippen molar-refractivity contribution in [2.45, 2.75) is 19.9 Å². The number of amides is 1. The maximum Gasteiger partial charge on any atom is 0.246 e. The van der Waals surface area contributed by atoms with E-state index in [-0.39, 0.29) is 24.4 Å². The third kappa shape index (κ3) is 3.98. The molecule has 88 valence electrons. The Bertz CT molecular complexity index is 355. The van der Waals surface area contributed by atoms with Crippen molar-refractivity contribution in [3.05, 3.63) is 35.6 Å². The smallest absolute Gasteiger partial charge is 0.246 e. The molecule has 1 N–H and O–H groups in total. The van der Waals surface area contributed by atoms with E-state index in [2.05, 4.69) is 5.32 Å². The molecule has 0 aromatic heterocycles. The molecule has 0 aliphatic rings. The normalized spacial score (nSPS) is 12.2. The van der Waals surface area contributed by atoms with Crippen molar-refractivity contribution in [3.8, 4) is 0 Å². The summed E-state index contributed by atoms with van der Waals surface area (Å²) in [7, 11) is 0. The maximum absolute atomic E-state index is 12.9. The number of halogens is 1. The lowest BCUT2D eigenvalue weighted by Crippen LogP contribution is -2.30. The molecule has 0 saturated carbocycles. The Hall–Kier alpha value is -1.42. The predicted molar refractivity (Wildman–Crippen MR) is 59.5 cm³/mol. The Balaban J connectivity index is 2.52. The highest BCUT2D eigenvalue weighted by molar-refractivity contribution is 5.77. The summed E-state index contributed by atoms with van der Waals surface area (Å²) in [5.74, 6) is -0.498. The summed E-state index contributed by atoms with van der Waals surface area (Å²) in [6.45, 7) is 4.17. The second-order valence-electron chi connectivity index (χ2n) is 3.48. The average Bonchev–Trinajstić information content (AvgIpc) is 2.26. The summed E-state index contributed by atoms with van der Waals surface area (Å²) in [5.41, 5.74) is 0.741. The molecule has 0 fully saturated rings. The van der Waals surface area contributed by atoms with Crippen LogP contribution in [0, 0.1) is 5.82 Å². The Labute approximate surface area is 94.6 Å². The first-order chi connectivity index (χ1) is 7.63. The quantitative estimate of drug-likeness (QED) is 0.832. The molecule has 0 aliphatic heterocycles. The molecule has 16 heavy (non-hydrogen) atoms. The molecule has 0 bridgehead atoms. The first-order valence-corrected chi connectivity index (χ1v) is 5.26. The average molecular weight is 225 g/mol. The summed E-state index contributed by atoms with van der Waals surface area (Å²) >= 11 is 0. The van der Waals surface area contributed by atoms with Crippen molar-refractivity contribution in [1.82, 2.24) is 5.32 Å². The fourth-order valence-corrected chi connectivity index (χ4v) is 1.34. The Morgan fingerprint density at radius 3 is 2.94 bits per heavy atom. The monoisotopic (exact) mass is 225 g/mol. The molecule has 0 saturated heterocycles. The van der Waals surface area contributed by atoms with Gasteiger partial charge in [0.25, 0.3) is 0 Å². The lowest BCUT2D eigenvalue weighted by atomic mass is 10.1. The first kappa shape index (κ1) is 12.6. The zero-order valence-electron chi connectivity index (χ0n) is 9.50. The number of carbonyl (C=O) groups excluding carboxylic acids is 1. The topological polar surface area (TPSA) is 38.3 Å². The molecule has 0 heterocycles. The van der Waals surface area contributed by atoms with Crippen molar-refractivity contribution >= 4 is 5.91 Å². The second-order valence-corrected chi connectivity index (χ2v) is 3.48. The highest BCUT2D eigenvalue weighted by Gasteiger charge is 2.09. The number of nitrogens with one attached hydrogen (secondary N) is 1. The Morgan fingerprint density at radius 2 is 2.31 bits per heavy atom. The van der Waals surface area contributed by atoms with E-state index >= 15 is 0 Å². The van der Waals surface area contributed by atoms with Gasteiger partial charge in [0.05, 0.1) is 6.04 Å². The van der Waals surface area contributed by atoms with Crippen molar-refractivity contribution < 1.29 is 13.9 Å². The number of rotatable bonds is 5. The SMILES string of the molecule is CCOCC(=O)N[C@@H](C)c1cccc(F)c1. The number of hydrogen-bond donors (Lipinski definition) is 1. The molecular formula is C12H16FNO2. The van der Waals surface area contributed by atoms with E-state index < -0.39 is 0 Å². The molecule has 1 atom stereocenters. The fourth-order valence-electron chi connectivity index (χ4n) is 1.34. The molecule has 0 radical (unpaired) electrons. The molecular weight excluding hydrogens is 209 g/mol. The number of hydrogen-bond acceptors (Lipinski definition) is 2. The molecule has 1 aromatic carbocycles. The highest BCUT2D eigenvalue weighted by Crippen LogP contribution is 2.12. The zero-order chi connectivity index (χ0) is 12.0. The summed E-state index contributed by atoms with van der Waals surface area (Å²) in [6.07, 6.45) is 0. The van der Waals surface area contributed by atoms with Crippen LogP contribution in [-0.4, -0.2) is 19.1 Å². The van der Waals surface area contributed by atoms with Crippen LogP contribution in [0.5, 0.6) is 0 Å². The predicted octanol–water partition coefficient (Wildman–Crippen LogP) is 2.04. The van der Waals surface area contributed by atoms with E-state index in [9.17, 15) is 9.18 Å². The molecule has 0 aliphatic carbocycles. The van der Waals surface area contributed by atoms with E-state index in [1.165, 1.54) is 12.1 Å². The van der Waals surface area contributed by atoms with E-state index in [0.717, 1.165) is 5.56 Å². The van der Waals surface area contributed by atoms with Crippen molar-refractivity contribution in [3.63, 3.8) is 0 Å². The maximum atomic E-state index is 12.9. The lowest BCUT2D eigenvalue weighted by Gasteiger charge is -2.14. The van der Waals surface area contributed by atoms with Crippen LogP contribution in [-0.2, 0) is 9.53 Å². The van der Waals surface area contributed by atoms with Gasteiger partial charge in [0.1, 0.15) is 12.4 Å². The van der Waals surface area contributed by atoms with Crippen LogP contribution in [0.1, 0.15) is 25.5 Å². The third-order valence-electron chi connectivity index (χ3n) is 2.16. The minimum atomic E-state index is -0.302. The van der Waals surface area contributed by atoms with Gasteiger partial charge in [0.15, 0.2) is 0 Å². The van der Waals surface area contributed by atoms with E-state index in [0.29, 0.717) is 6.61 Å². The minimum Gasteiger partial charge on any atom is -0.372 e. The zero-order valence-corrected chi connectivity index (χ0v) is 9.50. The van der Waals surface area contributed by atoms with Gasteiger partial charge in [-0.3, -0.25) is 4.79 Å². The van der Waals surface area contributed by atoms with Crippen LogP contribution < -0.4 is 5.32 Å². The van der Waals surface area contributed by atoms with Gasteiger partial charge in [0.2, 0.25) is 5.91 Å². The molecule has 0 unspecified atom stereocenters. The van der Waals surface area contributed by atoms with Gasteiger partial charge in [-0.15, -0.1) is 0 Å². The van der Waals surface area contributed by atoms with Gasteiger partial charge >= 0.3 is 0 Å². The van der Waals surface area contributed by atoms with Crippen molar-refractivity contribution in [1.29, 1.82) is 0 Å². The van der Waals surface area contributed by atoms with Crippen LogP contribution in [0.25, 0.3) is 0 Å². The Morgan fingerprint density at radius 1 is 1.56 bits per heavy atom. The van der Waals surface area contributed by atoms with Gasteiger partial charge in [-0.05, 0) is 31.5 Å². The number of carbonyl (C=O) groups is 1. The number of ether oxygens (including phenoxy) is 1. The lowest BCUT2D eigenvalue weighted by molar-refractivity contribution is -0.126. The highest BCUT2D eigenvalue weighted by atomic mass is 19.1. The largest absolute Gasteiger partial charge is 0.372 e. The molecule has 0 spiro atoms. The molecule has 1 amide bonds. The van der Waals surface area contributed by atoms with Crippen LogP contribution in [0.3, 0.4) is 0 Å². The van der Waals surface area contributed by atoms with E-state index in [1.54, 1.807) is 19.1 Å². The Kier molecular flexibility index (Phi) is 4.92. The van der Waals surface area contributed by atoms with Gasteiger partial charge in [-0.1, -0.05) is 12.1 Å². The standard InChI is InChI=1S/C12H16FNO2/c1-3-16-8-12(15)14-9(2)10-5-4-6-11(13)7-10/h4-7,9H,3,8H2,1-2H3,(H,14,15)/t9-/m0/s1. The first-order valence-electron chi connectivity index (χ1n) is 5.26. The summed E-state index contributed by atoms with van der Waals surface area (Å²) < 4.78 is 17.9. The fraction of sp³-hybridized carbons (Fsp3) is 0.417. The molecule has 1 aromatic rings. The van der Waals surface area contributed by atoms with Crippen LogP contribution in [0.15, 0.2) is 24.3 Å². The molecule has 3 nitrogen and oxygen atoms in total. The van der Waals surface area contributed by atoms with Crippen LogP contribution in [0.4, 0.5) is 4.39 Å². The van der Waals surface area contributed by atoms with Crippen molar-refractivity contribution in [2.24, 2.45) is 0 Å². The summed E-state index contributed by atoms with van der Waals surface area (Å²) in [5, 5.41) is 2.73. The second kappa shape index (κ2) is 6.23. The van der Waals surface area contributed by atoms with Crippen LogP contribution in [0.2, 0.25) is 0 Å². The van der Waals surface area contributed by atoms with E-state index in [4.69, 9.17) is 4.74 Å². The summed E-state index contributed by atoms with van der Waals surface area (Å²) in [6, 6.07) is 5.96. The van der Waals surface area contributed by atoms with Gasteiger partial charge in [0, 0.05) is 6.61 Å². The van der Waals surface area contributed by atoms with Crippen molar-refractivity contribution in [2.75, 3.05) is 13.2 Å².